The number of benzene rings is 2. The molecule has 0 radical (unpaired) electrons. The van der Waals surface area contributed by atoms with Crippen LogP contribution in [0.3, 0.4) is 0 Å². The molecule has 0 aliphatic carbocycles. The zero-order valence-electron chi connectivity index (χ0n) is 16.3. The minimum atomic E-state index is 0.215. The molecule has 0 saturated carbocycles. The summed E-state index contributed by atoms with van der Waals surface area (Å²) in [5, 5.41) is 0. The molecular weight excluding hydrogens is 306 g/mol. The molecule has 0 N–H and O–H groups in total. The maximum atomic E-state index is 11.8. The molecule has 2 aromatic carbocycles. The molecule has 134 valence electrons. The Balaban J connectivity index is 2.40. The molecule has 0 heterocycles. The molecule has 2 heteroatoms. The Morgan fingerprint density at radius 1 is 1.04 bits per heavy atom. The summed E-state index contributed by atoms with van der Waals surface area (Å²) in [6.45, 7) is 12.8. The summed E-state index contributed by atoms with van der Waals surface area (Å²) in [4.78, 5) is 14.2. The molecule has 2 nitrogen and oxygen atoms in total. The highest BCUT2D eigenvalue weighted by atomic mass is 16.1. The van der Waals surface area contributed by atoms with Crippen LogP contribution in [0.2, 0.25) is 0 Å². The zero-order chi connectivity index (χ0) is 18.4. The molecule has 25 heavy (non-hydrogen) atoms. The summed E-state index contributed by atoms with van der Waals surface area (Å²) in [5.74, 6) is 0.345. The maximum absolute atomic E-state index is 11.8. The molecule has 0 aromatic heterocycles. The third-order valence-corrected chi connectivity index (χ3v) is 5.03. The van der Waals surface area contributed by atoms with Crippen molar-refractivity contribution in [2.75, 3.05) is 11.4 Å². The molecule has 0 atom stereocenters. The summed E-state index contributed by atoms with van der Waals surface area (Å²) in [6.07, 6.45) is 2.14. The van der Waals surface area contributed by atoms with Gasteiger partial charge in [-0.1, -0.05) is 71.0 Å². The van der Waals surface area contributed by atoms with Gasteiger partial charge in [0.25, 0.3) is 0 Å². The van der Waals surface area contributed by atoms with Gasteiger partial charge in [0.1, 0.15) is 0 Å². The average molecular weight is 338 g/mol. The van der Waals surface area contributed by atoms with E-state index in [-0.39, 0.29) is 5.41 Å². The standard InChI is InChI=1S/C23H31NO/c1-6-23(4,5)17-24(20-12-8-7-9-13-20)15-19-11-10-14-21(18(2)3)22(19)16-25/h7-14,16,18H,6,15,17H2,1-5H3. The molecule has 0 saturated heterocycles. The van der Waals surface area contributed by atoms with Crippen molar-refractivity contribution in [3.05, 3.63) is 65.2 Å². The second-order valence-corrected chi connectivity index (χ2v) is 7.90. The number of carbonyl (C=O) groups excluding carboxylic acids is 1. The quantitative estimate of drug-likeness (QED) is 0.545. The highest BCUT2D eigenvalue weighted by molar-refractivity contribution is 5.80. The molecule has 0 spiro atoms. The first kappa shape index (κ1) is 19.2. The van der Waals surface area contributed by atoms with E-state index in [9.17, 15) is 4.79 Å². The minimum absolute atomic E-state index is 0.215. The van der Waals surface area contributed by atoms with Crippen molar-refractivity contribution in [2.24, 2.45) is 5.41 Å². The van der Waals surface area contributed by atoms with Gasteiger partial charge in [-0.25, -0.2) is 0 Å². The smallest absolute Gasteiger partial charge is 0.150 e. The van der Waals surface area contributed by atoms with Crippen molar-refractivity contribution < 1.29 is 4.79 Å². The van der Waals surface area contributed by atoms with Crippen molar-refractivity contribution in [2.45, 2.75) is 53.5 Å². The van der Waals surface area contributed by atoms with Gasteiger partial charge in [-0.15, -0.1) is 0 Å². The molecule has 0 aliphatic heterocycles. The maximum Gasteiger partial charge on any atom is 0.150 e. The van der Waals surface area contributed by atoms with Crippen LogP contribution in [0.15, 0.2) is 48.5 Å². The van der Waals surface area contributed by atoms with Crippen molar-refractivity contribution in [3.8, 4) is 0 Å². The largest absolute Gasteiger partial charge is 0.367 e. The van der Waals surface area contributed by atoms with E-state index in [1.807, 2.05) is 6.07 Å². The van der Waals surface area contributed by atoms with Crippen LogP contribution in [-0.2, 0) is 6.54 Å². The summed E-state index contributed by atoms with van der Waals surface area (Å²) in [5.41, 5.74) is 4.52. The van der Waals surface area contributed by atoms with Crippen molar-refractivity contribution in [1.82, 2.24) is 0 Å². The summed E-state index contributed by atoms with van der Waals surface area (Å²) < 4.78 is 0. The zero-order valence-corrected chi connectivity index (χ0v) is 16.3. The van der Waals surface area contributed by atoms with Crippen molar-refractivity contribution in [1.29, 1.82) is 0 Å². The predicted molar refractivity (Wildman–Crippen MR) is 107 cm³/mol. The van der Waals surface area contributed by atoms with Crippen molar-refractivity contribution >= 4 is 12.0 Å². The number of hydrogen-bond donors (Lipinski definition) is 0. The highest BCUT2D eigenvalue weighted by Crippen LogP contribution is 2.28. The van der Waals surface area contributed by atoms with E-state index in [1.165, 1.54) is 5.69 Å². The fourth-order valence-electron chi connectivity index (χ4n) is 3.13. The van der Waals surface area contributed by atoms with E-state index >= 15 is 0 Å². The van der Waals surface area contributed by atoms with E-state index in [1.54, 1.807) is 0 Å². The van der Waals surface area contributed by atoms with Gasteiger partial charge in [-0.2, -0.15) is 0 Å². The lowest BCUT2D eigenvalue weighted by Gasteiger charge is -2.34. The Morgan fingerprint density at radius 2 is 1.72 bits per heavy atom. The second-order valence-electron chi connectivity index (χ2n) is 7.90. The van der Waals surface area contributed by atoms with E-state index in [0.29, 0.717) is 5.92 Å². The molecule has 2 rings (SSSR count). The average Bonchev–Trinajstić information content (AvgIpc) is 2.61. The van der Waals surface area contributed by atoms with Crippen LogP contribution in [0.5, 0.6) is 0 Å². The van der Waals surface area contributed by atoms with Gasteiger partial charge in [0.2, 0.25) is 0 Å². The van der Waals surface area contributed by atoms with E-state index in [4.69, 9.17) is 0 Å². The molecule has 0 unspecified atom stereocenters. The number of para-hydroxylation sites is 1. The fourth-order valence-corrected chi connectivity index (χ4v) is 3.13. The fraction of sp³-hybridized carbons (Fsp3) is 0.435. The van der Waals surface area contributed by atoms with Crippen LogP contribution in [-0.4, -0.2) is 12.8 Å². The summed E-state index contributed by atoms with van der Waals surface area (Å²) >= 11 is 0. The Kier molecular flexibility index (Phi) is 6.41. The Labute approximate surface area is 152 Å². The van der Waals surface area contributed by atoms with E-state index in [0.717, 1.165) is 42.5 Å². The lowest BCUT2D eigenvalue weighted by atomic mass is 9.88. The van der Waals surface area contributed by atoms with Gasteiger partial charge < -0.3 is 4.90 Å². The predicted octanol–water partition coefficient (Wildman–Crippen LogP) is 6.07. The van der Waals surface area contributed by atoms with Gasteiger partial charge in [-0.05, 0) is 41.0 Å². The normalized spacial score (nSPS) is 11.6. The van der Waals surface area contributed by atoms with Gasteiger partial charge in [0.15, 0.2) is 6.29 Å². The third-order valence-electron chi connectivity index (χ3n) is 5.03. The summed E-state index contributed by atoms with van der Waals surface area (Å²) in [7, 11) is 0. The lowest BCUT2D eigenvalue weighted by molar-refractivity contribution is 0.112. The highest BCUT2D eigenvalue weighted by Gasteiger charge is 2.21. The molecule has 2 aromatic rings. The number of rotatable bonds is 8. The van der Waals surface area contributed by atoms with Gasteiger partial charge in [-0.3, -0.25) is 4.79 Å². The number of hydrogen-bond acceptors (Lipinski definition) is 2. The molecule has 0 bridgehead atoms. The van der Waals surface area contributed by atoms with Gasteiger partial charge in [0, 0.05) is 24.3 Å². The van der Waals surface area contributed by atoms with Gasteiger partial charge >= 0.3 is 0 Å². The first-order chi connectivity index (χ1) is 11.9. The van der Waals surface area contributed by atoms with Crippen LogP contribution >= 0.6 is 0 Å². The van der Waals surface area contributed by atoms with E-state index < -0.39 is 0 Å². The van der Waals surface area contributed by atoms with Crippen molar-refractivity contribution in [3.63, 3.8) is 0 Å². The second kappa shape index (κ2) is 8.33. The number of nitrogens with zero attached hydrogens (tertiary/aromatic N) is 1. The number of anilines is 1. The molecule has 0 amide bonds. The topological polar surface area (TPSA) is 20.3 Å². The monoisotopic (exact) mass is 337 g/mol. The Morgan fingerprint density at radius 3 is 2.28 bits per heavy atom. The van der Waals surface area contributed by atoms with Crippen LogP contribution in [0.4, 0.5) is 5.69 Å². The minimum Gasteiger partial charge on any atom is -0.367 e. The van der Waals surface area contributed by atoms with Crippen LogP contribution in [0, 0.1) is 5.41 Å². The van der Waals surface area contributed by atoms with E-state index in [2.05, 4.69) is 82.0 Å². The Hall–Kier alpha value is -2.09. The van der Waals surface area contributed by atoms with Crippen LogP contribution < -0.4 is 4.90 Å². The SMILES string of the molecule is CCC(C)(C)CN(Cc1cccc(C(C)C)c1C=O)c1ccccc1. The van der Waals surface area contributed by atoms with Crippen LogP contribution in [0.25, 0.3) is 0 Å². The molecular formula is C23H31NO. The first-order valence-corrected chi connectivity index (χ1v) is 9.25. The summed E-state index contributed by atoms with van der Waals surface area (Å²) in [6, 6.07) is 16.7. The van der Waals surface area contributed by atoms with Crippen LogP contribution in [0.1, 0.15) is 68.4 Å². The molecule has 0 fully saturated rings. The molecule has 0 aliphatic rings. The number of carbonyl (C=O) groups is 1. The van der Waals surface area contributed by atoms with Gasteiger partial charge in [0.05, 0.1) is 0 Å². The number of aldehydes is 1. The Bertz CT molecular complexity index is 688. The third kappa shape index (κ3) is 4.94. The first-order valence-electron chi connectivity index (χ1n) is 9.25. The lowest BCUT2D eigenvalue weighted by Crippen LogP contribution is -2.34.